The zero-order valence-electron chi connectivity index (χ0n) is 12.9. The van der Waals surface area contributed by atoms with Gasteiger partial charge in [0, 0.05) is 22.3 Å². The zero-order chi connectivity index (χ0) is 16.9. The Labute approximate surface area is 144 Å². The predicted molar refractivity (Wildman–Crippen MR) is 96.5 cm³/mol. The van der Waals surface area contributed by atoms with Gasteiger partial charge in [-0.25, -0.2) is 9.97 Å². The highest BCUT2D eigenvalue weighted by Gasteiger charge is 2.08. The van der Waals surface area contributed by atoms with Gasteiger partial charge in [-0.15, -0.1) is 0 Å². The van der Waals surface area contributed by atoms with Crippen LogP contribution in [0.5, 0.6) is 5.75 Å². The maximum Gasteiger partial charge on any atom is 0.165 e. The van der Waals surface area contributed by atoms with Crippen molar-refractivity contribution >= 4 is 23.6 Å². The number of phenolic OH excluding ortho intramolecular Hbond substituents is 1. The van der Waals surface area contributed by atoms with Gasteiger partial charge in [0.1, 0.15) is 5.75 Å². The molecular weight excluding hydrogens is 324 g/mol. The number of para-hydroxylation sites is 1. The van der Waals surface area contributed by atoms with E-state index in [-0.39, 0.29) is 5.75 Å². The van der Waals surface area contributed by atoms with Gasteiger partial charge < -0.3 is 5.11 Å². The van der Waals surface area contributed by atoms with E-state index < -0.39 is 0 Å². The summed E-state index contributed by atoms with van der Waals surface area (Å²) in [7, 11) is 0. The van der Waals surface area contributed by atoms with Crippen LogP contribution in [0.4, 0.5) is 5.82 Å². The number of hydrazone groups is 1. The van der Waals surface area contributed by atoms with Gasteiger partial charge in [0.25, 0.3) is 0 Å². The molecule has 0 amide bonds. The van der Waals surface area contributed by atoms with Gasteiger partial charge in [0.2, 0.25) is 0 Å². The highest BCUT2D eigenvalue weighted by Crippen LogP contribution is 2.26. The lowest BCUT2D eigenvalue weighted by atomic mass is 10.2. The third-order valence-electron chi connectivity index (χ3n) is 3.29. The van der Waals surface area contributed by atoms with Crippen molar-refractivity contribution in [3.63, 3.8) is 0 Å². The molecule has 24 heavy (non-hydrogen) atoms. The van der Waals surface area contributed by atoms with Gasteiger partial charge in [-0.2, -0.15) is 5.10 Å². The number of nitrogens with zero attached hydrogens (tertiary/aromatic N) is 3. The van der Waals surface area contributed by atoms with Crippen molar-refractivity contribution in [1.82, 2.24) is 9.97 Å². The van der Waals surface area contributed by atoms with Gasteiger partial charge in [0.05, 0.1) is 11.8 Å². The van der Waals surface area contributed by atoms with Gasteiger partial charge >= 0.3 is 0 Å². The Kier molecular flexibility index (Phi) is 4.72. The summed E-state index contributed by atoms with van der Waals surface area (Å²) in [5.74, 6) is 1.10. The standard InChI is InChI=1S/C18H15ClN4O/c1-12-10-17(23-20-11-13-6-2-4-8-15(13)19)22-18(21-12)14-7-3-5-9-16(14)24/h2-11,24H,1H3,(H,21,22,23)/b20-11-. The fourth-order valence-corrected chi connectivity index (χ4v) is 2.34. The lowest BCUT2D eigenvalue weighted by molar-refractivity contribution is 0.477. The van der Waals surface area contributed by atoms with E-state index in [1.807, 2.05) is 31.2 Å². The molecule has 0 fully saturated rings. The first kappa shape index (κ1) is 16.0. The minimum atomic E-state index is 0.133. The number of halogens is 1. The molecule has 0 spiro atoms. The number of phenols is 1. The number of benzene rings is 2. The van der Waals surface area contributed by atoms with Crippen LogP contribution < -0.4 is 5.43 Å². The van der Waals surface area contributed by atoms with Crippen LogP contribution in [0.3, 0.4) is 0 Å². The van der Waals surface area contributed by atoms with Crippen molar-refractivity contribution in [2.24, 2.45) is 5.10 Å². The maximum atomic E-state index is 9.96. The quantitative estimate of drug-likeness (QED) is 0.551. The molecule has 0 aliphatic heterocycles. The third-order valence-corrected chi connectivity index (χ3v) is 3.63. The second-order valence-electron chi connectivity index (χ2n) is 5.13. The summed E-state index contributed by atoms with van der Waals surface area (Å²) in [6.07, 6.45) is 1.62. The summed E-state index contributed by atoms with van der Waals surface area (Å²) in [4.78, 5) is 8.75. The number of aromatic hydroxyl groups is 1. The lowest BCUT2D eigenvalue weighted by Crippen LogP contribution is -1.99. The van der Waals surface area contributed by atoms with E-state index in [9.17, 15) is 5.11 Å². The average molecular weight is 339 g/mol. The van der Waals surface area contributed by atoms with E-state index in [1.54, 1.807) is 36.5 Å². The molecule has 0 unspecified atom stereocenters. The third kappa shape index (κ3) is 3.70. The Morgan fingerprint density at radius 2 is 1.83 bits per heavy atom. The first-order valence-electron chi connectivity index (χ1n) is 7.31. The van der Waals surface area contributed by atoms with E-state index in [0.29, 0.717) is 22.2 Å². The Bertz CT molecular complexity index is 896. The van der Waals surface area contributed by atoms with Crippen LogP contribution in [0, 0.1) is 6.92 Å². The SMILES string of the molecule is Cc1cc(N/N=C\c2ccccc2Cl)nc(-c2ccccc2O)n1. The maximum absolute atomic E-state index is 9.96. The topological polar surface area (TPSA) is 70.4 Å². The van der Waals surface area contributed by atoms with Crippen LogP contribution in [0.1, 0.15) is 11.3 Å². The minimum Gasteiger partial charge on any atom is -0.507 e. The average Bonchev–Trinajstić information content (AvgIpc) is 2.56. The Morgan fingerprint density at radius 3 is 2.62 bits per heavy atom. The Hall–Kier alpha value is -2.92. The molecule has 2 N–H and O–H groups in total. The van der Waals surface area contributed by atoms with Crippen molar-refractivity contribution in [2.45, 2.75) is 6.92 Å². The lowest BCUT2D eigenvalue weighted by Gasteiger charge is -2.07. The van der Waals surface area contributed by atoms with Crippen molar-refractivity contribution in [3.8, 4) is 17.1 Å². The molecule has 1 aromatic heterocycles. The zero-order valence-corrected chi connectivity index (χ0v) is 13.7. The number of nitrogens with one attached hydrogen (secondary N) is 1. The summed E-state index contributed by atoms with van der Waals surface area (Å²) in [5.41, 5.74) is 5.00. The first-order valence-corrected chi connectivity index (χ1v) is 7.69. The number of aryl methyl sites for hydroxylation is 1. The molecule has 3 aromatic rings. The Morgan fingerprint density at radius 1 is 1.08 bits per heavy atom. The van der Waals surface area contributed by atoms with Crippen LogP contribution in [0.25, 0.3) is 11.4 Å². The van der Waals surface area contributed by atoms with Gasteiger partial charge in [-0.05, 0) is 25.1 Å². The van der Waals surface area contributed by atoms with Crippen molar-refractivity contribution in [3.05, 3.63) is 70.9 Å². The van der Waals surface area contributed by atoms with Crippen molar-refractivity contribution in [1.29, 1.82) is 0 Å². The molecule has 0 saturated heterocycles. The van der Waals surface area contributed by atoms with Crippen LogP contribution in [0.2, 0.25) is 5.02 Å². The van der Waals surface area contributed by atoms with Crippen LogP contribution in [0.15, 0.2) is 59.7 Å². The van der Waals surface area contributed by atoms with Crippen LogP contribution in [-0.2, 0) is 0 Å². The van der Waals surface area contributed by atoms with E-state index in [4.69, 9.17) is 11.6 Å². The summed E-state index contributed by atoms with van der Waals surface area (Å²) in [5, 5.41) is 14.7. The number of hydrogen-bond donors (Lipinski definition) is 2. The first-order chi connectivity index (χ1) is 11.6. The van der Waals surface area contributed by atoms with Gasteiger partial charge in [0.15, 0.2) is 11.6 Å². The molecule has 0 aliphatic rings. The van der Waals surface area contributed by atoms with E-state index in [0.717, 1.165) is 11.3 Å². The van der Waals surface area contributed by atoms with E-state index in [2.05, 4.69) is 20.5 Å². The molecule has 120 valence electrons. The second kappa shape index (κ2) is 7.10. The molecule has 1 heterocycles. The molecule has 3 rings (SSSR count). The molecule has 0 atom stereocenters. The molecule has 6 heteroatoms. The highest BCUT2D eigenvalue weighted by molar-refractivity contribution is 6.33. The molecule has 0 bridgehead atoms. The molecular formula is C18H15ClN4O. The summed E-state index contributed by atoms with van der Waals surface area (Å²) in [6, 6.07) is 16.1. The molecule has 5 nitrogen and oxygen atoms in total. The van der Waals surface area contributed by atoms with E-state index >= 15 is 0 Å². The largest absolute Gasteiger partial charge is 0.507 e. The molecule has 0 aliphatic carbocycles. The molecule has 2 aromatic carbocycles. The van der Waals surface area contributed by atoms with Gasteiger partial charge in [-0.1, -0.05) is 41.9 Å². The van der Waals surface area contributed by atoms with E-state index in [1.165, 1.54) is 0 Å². The van der Waals surface area contributed by atoms with Crippen molar-refractivity contribution < 1.29 is 5.11 Å². The fraction of sp³-hybridized carbons (Fsp3) is 0.0556. The molecule has 0 saturated carbocycles. The fourth-order valence-electron chi connectivity index (χ4n) is 2.16. The summed E-state index contributed by atoms with van der Waals surface area (Å²) in [6.45, 7) is 1.86. The normalized spacial score (nSPS) is 10.9. The number of anilines is 1. The molecule has 0 radical (unpaired) electrons. The smallest absolute Gasteiger partial charge is 0.165 e. The monoisotopic (exact) mass is 338 g/mol. The van der Waals surface area contributed by atoms with Crippen LogP contribution in [-0.4, -0.2) is 21.3 Å². The Balaban J connectivity index is 1.85. The minimum absolute atomic E-state index is 0.133. The van der Waals surface area contributed by atoms with Crippen LogP contribution >= 0.6 is 11.6 Å². The number of hydrogen-bond acceptors (Lipinski definition) is 5. The van der Waals surface area contributed by atoms with Gasteiger partial charge in [-0.3, -0.25) is 5.43 Å². The number of rotatable bonds is 4. The summed E-state index contributed by atoms with van der Waals surface area (Å²) >= 11 is 6.08. The summed E-state index contributed by atoms with van der Waals surface area (Å²) < 4.78 is 0. The second-order valence-corrected chi connectivity index (χ2v) is 5.53. The predicted octanol–water partition coefficient (Wildman–Crippen LogP) is 4.26. The highest BCUT2D eigenvalue weighted by atomic mass is 35.5. The van der Waals surface area contributed by atoms with Crippen molar-refractivity contribution in [2.75, 3.05) is 5.43 Å². The number of aromatic nitrogens is 2.